The van der Waals surface area contributed by atoms with Crippen molar-refractivity contribution in [3.05, 3.63) is 35.8 Å². The molecule has 1 amide bonds. The van der Waals surface area contributed by atoms with Crippen molar-refractivity contribution in [2.75, 3.05) is 13.7 Å². The number of rotatable bonds is 4. The number of hydrogen-bond donors (Lipinski definition) is 1. The second-order valence-corrected chi connectivity index (χ2v) is 3.91. The summed E-state index contributed by atoms with van der Waals surface area (Å²) < 4.78 is 6.68. The zero-order valence-corrected chi connectivity index (χ0v) is 9.93. The highest BCUT2D eigenvalue weighted by Crippen LogP contribution is 2.06. The van der Waals surface area contributed by atoms with Crippen LogP contribution in [0.15, 0.2) is 24.5 Å². The lowest BCUT2D eigenvalue weighted by Gasteiger charge is -2.00. The van der Waals surface area contributed by atoms with Crippen molar-refractivity contribution >= 4 is 11.6 Å². The molecule has 0 spiro atoms. The van der Waals surface area contributed by atoms with Crippen molar-refractivity contribution in [1.29, 1.82) is 0 Å². The first-order chi connectivity index (χ1) is 8.19. The molecule has 0 aliphatic heterocycles. The Balaban J connectivity index is 2.07. The average molecular weight is 233 g/mol. The zero-order chi connectivity index (χ0) is 12.3. The van der Waals surface area contributed by atoms with Crippen LogP contribution < -0.4 is 5.32 Å². The van der Waals surface area contributed by atoms with Crippen molar-refractivity contribution in [3.8, 4) is 0 Å². The molecule has 0 atom stereocenters. The van der Waals surface area contributed by atoms with E-state index in [1.54, 1.807) is 0 Å². The summed E-state index contributed by atoms with van der Waals surface area (Å²) in [4.78, 5) is 15.6. The minimum absolute atomic E-state index is 0.0759. The molecule has 0 unspecified atom stereocenters. The lowest BCUT2D eigenvalue weighted by molar-refractivity contribution is -0.124. The molecule has 17 heavy (non-hydrogen) atoms. The molecule has 0 fully saturated rings. The maximum atomic E-state index is 11.2. The van der Waals surface area contributed by atoms with E-state index in [4.69, 9.17) is 4.74 Å². The van der Waals surface area contributed by atoms with Crippen molar-refractivity contribution in [2.45, 2.75) is 13.5 Å². The number of pyridine rings is 1. The van der Waals surface area contributed by atoms with Crippen LogP contribution in [0.2, 0.25) is 0 Å². The summed E-state index contributed by atoms with van der Waals surface area (Å²) in [7, 11) is 1.49. The van der Waals surface area contributed by atoms with Crippen molar-refractivity contribution < 1.29 is 9.53 Å². The van der Waals surface area contributed by atoms with Gasteiger partial charge in [0.1, 0.15) is 12.3 Å². The molecule has 2 aromatic rings. The van der Waals surface area contributed by atoms with Crippen LogP contribution in [0.25, 0.3) is 5.65 Å². The maximum Gasteiger partial charge on any atom is 0.246 e. The van der Waals surface area contributed by atoms with Crippen LogP contribution in [0.3, 0.4) is 0 Å². The van der Waals surface area contributed by atoms with Gasteiger partial charge in [0.15, 0.2) is 0 Å². The Morgan fingerprint density at radius 3 is 3.06 bits per heavy atom. The molecule has 0 bridgehead atoms. The van der Waals surface area contributed by atoms with E-state index in [0.717, 1.165) is 11.3 Å². The van der Waals surface area contributed by atoms with Gasteiger partial charge < -0.3 is 14.5 Å². The molecule has 5 heteroatoms. The third kappa shape index (κ3) is 2.82. The van der Waals surface area contributed by atoms with Gasteiger partial charge in [-0.05, 0) is 18.6 Å². The van der Waals surface area contributed by atoms with Crippen LogP contribution in [0.4, 0.5) is 0 Å². The summed E-state index contributed by atoms with van der Waals surface area (Å²) in [5, 5.41) is 2.74. The van der Waals surface area contributed by atoms with Crippen LogP contribution in [-0.2, 0) is 16.1 Å². The molecule has 2 aromatic heterocycles. The van der Waals surface area contributed by atoms with Gasteiger partial charge in [-0.15, -0.1) is 0 Å². The lowest BCUT2D eigenvalue weighted by atomic mass is 10.3. The third-order valence-corrected chi connectivity index (χ3v) is 2.39. The van der Waals surface area contributed by atoms with E-state index in [9.17, 15) is 4.79 Å². The van der Waals surface area contributed by atoms with Gasteiger partial charge in [-0.2, -0.15) is 0 Å². The van der Waals surface area contributed by atoms with Gasteiger partial charge in [-0.1, -0.05) is 6.07 Å². The van der Waals surface area contributed by atoms with Crippen LogP contribution in [0, 0.1) is 6.92 Å². The SMILES string of the molecule is COCC(=O)NCc1cn2cc(C)ccc2n1. The fourth-order valence-electron chi connectivity index (χ4n) is 1.61. The topological polar surface area (TPSA) is 55.6 Å². The second kappa shape index (κ2) is 4.97. The summed E-state index contributed by atoms with van der Waals surface area (Å²) in [6.45, 7) is 2.52. The first-order valence-electron chi connectivity index (χ1n) is 5.39. The lowest BCUT2D eigenvalue weighted by Crippen LogP contribution is -2.26. The van der Waals surface area contributed by atoms with Gasteiger partial charge in [0, 0.05) is 19.5 Å². The molecule has 0 radical (unpaired) electrons. The number of nitrogens with one attached hydrogen (secondary N) is 1. The van der Waals surface area contributed by atoms with Gasteiger partial charge >= 0.3 is 0 Å². The van der Waals surface area contributed by atoms with E-state index in [2.05, 4.69) is 10.3 Å². The van der Waals surface area contributed by atoms with Crippen molar-refractivity contribution in [3.63, 3.8) is 0 Å². The van der Waals surface area contributed by atoms with Gasteiger partial charge in [-0.3, -0.25) is 4.79 Å². The molecule has 90 valence electrons. The molecule has 0 saturated heterocycles. The normalized spacial score (nSPS) is 10.7. The van der Waals surface area contributed by atoms with Gasteiger partial charge in [0.05, 0.1) is 12.2 Å². The number of ether oxygens (including phenoxy) is 1. The monoisotopic (exact) mass is 233 g/mol. The van der Waals surface area contributed by atoms with Crippen molar-refractivity contribution in [1.82, 2.24) is 14.7 Å². The minimum Gasteiger partial charge on any atom is -0.375 e. The fraction of sp³-hybridized carbons (Fsp3) is 0.333. The summed E-state index contributed by atoms with van der Waals surface area (Å²) in [5.41, 5.74) is 2.89. The third-order valence-electron chi connectivity index (χ3n) is 2.39. The Hall–Kier alpha value is -1.88. The Morgan fingerprint density at radius 2 is 2.29 bits per heavy atom. The molecular weight excluding hydrogens is 218 g/mol. The molecule has 0 saturated carbocycles. The smallest absolute Gasteiger partial charge is 0.246 e. The number of nitrogens with zero attached hydrogens (tertiary/aromatic N) is 2. The molecule has 5 nitrogen and oxygen atoms in total. The standard InChI is InChI=1S/C12H15N3O2/c1-9-3-4-11-14-10(7-15(11)6-9)5-13-12(16)8-17-2/h3-4,6-7H,5,8H2,1-2H3,(H,13,16). The highest BCUT2D eigenvalue weighted by Gasteiger charge is 2.04. The van der Waals surface area contributed by atoms with Gasteiger partial charge in [0.2, 0.25) is 5.91 Å². The molecule has 0 aliphatic rings. The Morgan fingerprint density at radius 1 is 1.47 bits per heavy atom. The Kier molecular flexibility index (Phi) is 3.39. The first-order valence-corrected chi connectivity index (χ1v) is 5.39. The predicted octanol–water partition coefficient (Wildman–Crippen LogP) is 0.905. The van der Waals surface area contributed by atoms with E-state index in [1.807, 2.05) is 35.9 Å². The number of fused-ring (bicyclic) bond motifs is 1. The van der Waals surface area contributed by atoms with Crippen LogP contribution in [0.1, 0.15) is 11.3 Å². The number of aryl methyl sites for hydroxylation is 1. The number of aromatic nitrogens is 2. The number of methoxy groups -OCH3 is 1. The highest BCUT2D eigenvalue weighted by atomic mass is 16.5. The van der Waals surface area contributed by atoms with Gasteiger partial charge in [-0.25, -0.2) is 4.98 Å². The molecule has 2 heterocycles. The Labute approximate surface area is 99.4 Å². The number of imidazole rings is 1. The Bertz CT molecular complexity index is 534. The summed E-state index contributed by atoms with van der Waals surface area (Å²) in [5.74, 6) is -0.138. The first kappa shape index (κ1) is 11.6. The van der Waals surface area contributed by atoms with Crippen LogP contribution in [-0.4, -0.2) is 29.0 Å². The molecule has 0 aromatic carbocycles. The number of carbonyl (C=O) groups excluding carboxylic acids is 1. The number of carbonyl (C=O) groups is 1. The average Bonchev–Trinajstić information content (AvgIpc) is 2.68. The van der Waals surface area contributed by atoms with Crippen LogP contribution >= 0.6 is 0 Å². The van der Waals surface area contributed by atoms with Gasteiger partial charge in [0.25, 0.3) is 0 Å². The summed E-state index contributed by atoms with van der Waals surface area (Å²) in [6.07, 6.45) is 3.91. The van der Waals surface area contributed by atoms with Crippen molar-refractivity contribution in [2.24, 2.45) is 0 Å². The fourth-order valence-corrected chi connectivity index (χ4v) is 1.61. The summed E-state index contributed by atoms with van der Waals surface area (Å²) in [6, 6.07) is 3.96. The molecule has 2 rings (SSSR count). The highest BCUT2D eigenvalue weighted by molar-refractivity contribution is 5.77. The number of hydrogen-bond acceptors (Lipinski definition) is 3. The minimum atomic E-state index is -0.138. The predicted molar refractivity (Wildman–Crippen MR) is 63.7 cm³/mol. The van der Waals surface area contributed by atoms with E-state index in [-0.39, 0.29) is 12.5 Å². The van der Waals surface area contributed by atoms with E-state index in [0.29, 0.717) is 6.54 Å². The maximum absolute atomic E-state index is 11.2. The zero-order valence-electron chi connectivity index (χ0n) is 9.93. The van der Waals surface area contributed by atoms with E-state index >= 15 is 0 Å². The molecular formula is C12H15N3O2. The van der Waals surface area contributed by atoms with E-state index < -0.39 is 0 Å². The molecule has 1 N–H and O–H groups in total. The van der Waals surface area contributed by atoms with E-state index in [1.165, 1.54) is 12.7 Å². The largest absolute Gasteiger partial charge is 0.375 e. The quantitative estimate of drug-likeness (QED) is 0.853. The van der Waals surface area contributed by atoms with Crippen LogP contribution in [0.5, 0.6) is 0 Å². The number of amides is 1. The summed E-state index contributed by atoms with van der Waals surface area (Å²) >= 11 is 0. The second-order valence-electron chi connectivity index (χ2n) is 3.91. The molecule has 0 aliphatic carbocycles.